The van der Waals surface area contributed by atoms with Crippen LogP contribution >= 0.6 is 0 Å². The molecule has 0 aliphatic carbocycles. The first-order valence-electron chi connectivity index (χ1n) is 8.71. The molecule has 144 valence electrons. The van der Waals surface area contributed by atoms with Crippen molar-refractivity contribution in [3.63, 3.8) is 0 Å². The lowest BCUT2D eigenvalue weighted by Gasteiger charge is -2.16. The maximum Gasteiger partial charge on any atom is 0.346 e. The van der Waals surface area contributed by atoms with Crippen molar-refractivity contribution in [3.8, 4) is 17.2 Å². The topological polar surface area (TPSA) is 82.1 Å². The molecule has 1 aromatic rings. The van der Waals surface area contributed by atoms with E-state index < -0.39 is 5.97 Å². The zero-order chi connectivity index (χ0) is 19.5. The van der Waals surface area contributed by atoms with Crippen LogP contribution in [0.5, 0.6) is 17.2 Å². The van der Waals surface area contributed by atoms with Crippen molar-refractivity contribution >= 4 is 11.8 Å². The Hall–Kier alpha value is -2.50. The minimum absolute atomic E-state index is 0.0411. The Bertz CT molecular complexity index is 623. The molecule has 0 aromatic heterocycles. The summed E-state index contributed by atoms with van der Waals surface area (Å²) in [5.74, 6) is -0.183. The Morgan fingerprint density at radius 3 is 2.50 bits per heavy atom. The molecule has 0 fully saturated rings. The largest absolute Gasteiger partial charge is 0.507 e. The van der Waals surface area contributed by atoms with Gasteiger partial charge in [0.1, 0.15) is 28.6 Å². The van der Waals surface area contributed by atoms with Gasteiger partial charge in [-0.3, -0.25) is 4.79 Å². The number of hydrogen-bond acceptors (Lipinski definition) is 6. The third-order valence-corrected chi connectivity index (χ3v) is 3.95. The molecule has 0 aliphatic rings. The number of carbonyl (C=O) groups excluding carboxylic acids is 2. The summed E-state index contributed by atoms with van der Waals surface area (Å²) in [7, 11) is 2.85. The van der Waals surface area contributed by atoms with E-state index in [0.29, 0.717) is 31.4 Å². The number of Topliss-reactive ketones (excluding diaryl/α,β-unsaturated/α-hetero) is 1. The van der Waals surface area contributed by atoms with Gasteiger partial charge in [-0.15, -0.1) is 6.58 Å². The molecule has 1 atom stereocenters. The number of phenols is 1. The smallest absolute Gasteiger partial charge is 0.346 e. The number of methoxy groups -OCH3 is 2. The molecule has 0 saturated carbocycles. The lowest BCUT2D eigenvalue weighted by atomic mass is 10.1. The number of allylic oxidation sites excluding steroid dienone is 1. The van der Waals surface area contributed by atoms with Crippen molar-refractivity contribution in [1.82, 2.24) is 0 Å². The number of phenolic OH excluding ortho intramolecular Hbond substituents is 1. The number of ketones is 1. The highest BCUT2D eigenvalue weighted by Gasteiger charge is 2.22. The molecule has 0 saturated heterocycles. The standard InChI is InChI=1S/C20H28O6/c1-5-6-7-10-15(21)11-8-9-14(2)26-20(23)19-17(22)12-16(24-3)13-18(19)25-4/h5,12-14,22H,1,6-11H2,2-4H3/t14-/m1/s1. The summed E-state index contributed by atoms with van der Waals surface area (Å²) in [5.41, 5.74) is -0.0411. The molecule has 26 heavy (non-hydrogen) atoms. The molecule has 1 aromatic carbocycles. The van der Waals surface area contributed by atoms with Gasteiger partial charge in [-0.05, 0) is 32.6 Å². The highest BCUT2D eigenvalue weighted by atomic mass is 16.5. The number of ether oxygens (including phenoxy) is 3. The van der Waals surface area contributed by atoms with Crippen LogP contribution < -0.4 is 9.47 Å². The number of carbonyl (C=O) groups is 2. The van der Waals surface area contributed by atoms with Crippen LogP contribution in [-0.4, -0.2) is 37.2 Å². The van der Waals surface area contributed by atoms with Crippen LogP contribution in [-0.2, 0) is 9.53 Å². The second kappa shape index (κ2) is 11.2. The van der Waals surface area contributed by atoms with E-state index >= 15 is 0 Å². The Labute approximate surface area is 154 Å². The zero-order valence-corrected chi connectivity index (χ0v) is 15.7. The maximum atomic E-state index is 12.3. The van der Waals surface area contributed by atoms with E-state index in [1.54, 1.807) is 13.0 Å². The third-order valence-electron chi connectivity index (χ3n) is 3.95. The number of unbranched alkanes of at least 4 members (excludes halogenated alkanes) is 1. The predicted octanol–water partition coefficient (Wildman–Crippen LogP) is 4.05. The minimum Gasteiger partial charge on any atom is -0.507 e. The third kappa shape index (κ3) is 6.78. The van der Waals surface area contributed by atoms with Crippen LogP contribution in [0.1, 0.15) is 55.8 Å². The van der Waals surface area contributed by atoms with E-state index in [9.17, 15) is 14.7 Å². The van der Waals surface area contributed by atoms with Gasteiger partial charge in [0.05, 0.1) is 20.3 Å². The SMILES string of the molecule is C=CCCCC(=O)CCC[C@@H](C)OC(=O)c1c(O)cc(OC)cc1OC. The zero-order valence-electron chi connectivity index (χ0n) is 15.7. The van der Waals surface area contributed by atoms with Gasteiger partial charge in [-0.2, -0.15) is 0 Å². The van der Waals surface area contributed by atoms with Crippen LogP contribution in [0, 0.1) is 0 Å². The number of aromatic hydroxyl groups is 1. The van der Waals surface area contributed by atoms with E-state index in [1.165, 1.54) is 26.4 Å². The van der Waals surface area contributed by atoms with E-state index in [4.69, 9.17) is 14.2 Å². The lowest BCUT2D eigenvalue weighted by Crippen LogP contribution is -2.16. The average molecular weight is 364 g/mol. The fourth-order valence-electron chi connectivity index (χ4n) is 2.52. The summed E-state index contributed by atoms with van der Waals surface area (Å²) < 4.78 is 15.5. The maximum absolute atomic E-state index is 12.3. The van der Waals surface area contributed by atoms with Crippen molar-refractivity contribution < 1.29 is 28.9 Å². The summed E-state index contributed by atoms with van der Waals surface area (Å²) in [6, 6.07) is 2.83. The molecular formula is C20H28O6. The first-order chi connectivity index (χ1) is 12.4. The van der Waals surface area contributed by atoms with Gasteiger partial charge in [0, 0.05) is 25.0 Å². The molecule has 1 rings (SSSR count). The fraction of sp³-hybridized carbons (Fsp3) is 0.500. The van der Waals surface area contributed by atoms with E-state index in [-0.39, 0.29) is 28.9 Å². The molecular weight excluding hydrogens is 336 g/mol. The first-order valence-corrected chi connectivity index (χ1v) is 8.71. The summed E-state index contributed by atoms with van der Waals surface area (Å²) in [6.45, 7) is 5.39. The molecule has 0 radical (unpaired) electrons. The Morgan fingerprint density at radius 1 is 1.19 bits per heavy atom. The monoisotopic (exact) mass is 364 g/mol. The van der Waals surface area contributed by atoms with Crippen LogP contribution in [0.2, 0.25) is 0 Å². The van der Waals surface area contributed by atoms with E-state index in [0.717, 1.165) is 12.8 Å². The summed E-state index contributed by atoms with van der Waals surface area (Å²) in [6.07, 6.45) is 5.32. The second-order valence-corrected chi connectivity index (χ2v) is 6.05. The van der Waals surface area contributed by atoms with Gasteiger partial charge in [0.15, 0.2) is 0 Å². The van der Waals surface area contributed by atoms with Gasteiger partial charge in [-0.1, -0.05) is 6.08 Å². The fourth-order valence-corrected chi connectivity index (χ4v) is 2.52. The molecule has 6 heteroatoms. The molecule has 1 N–H and O–H groups in total. The van der Waals surface area contributed by atoms with Gasteiger partial charge >= 0.3 is 5.97 Å². The average Bonchev–Trinajstić information content (AvgIpc) is 2.60. The minimum atomic E-state index is -0.674. The van der Waals surface area contributed by atoms with Crippen molar-refractivity contribution in [2.24, 2.45) is 0 Å². The summed E-state index contributed by atoms with van der Waals surface area (Å²) in [4.78, 5) is 24.1. The van der Waals surface area contributed by atoms with Gasteiger partial charge in [-0.25, -0.2) is 4.79 Å². The molecule has 0 unspecified atom stereocenters. The molecule has 0 spiro atoms. The lowest BCUT2D eigenvalue weighted by molar-refractivity contribution is -0.119. The van der Waals surface area contributed by atoms with Crippen molar-refractivity contribution in [2.45, 2.75) is 51.6 Å². The van der Waals surface area contributed by atoms with Gasteiger partial charge < -0.3 is 19.3 Å². The predicted molar refractivity (Wildman–Crippen MR) is 99.0 cm³/mol. The van der Waals surface area contributed by atoms with Crippen molar-refractivity contribution in [2.75, 3.05) is 14.2 Å². The number of benzene rings is 1. The molecule has 0 heterocycles. The second-order valence-electron chi connectivity index (χ2n) is 6.05. The Morgan fingerprint density at radius 2 is 1.88 bits per heavy atom. The van der Waals surface area contributed by atoms with Crippen molar-refractivity contribution in [1.29, 1.82) is 0 Å². The van der Waals surface area contributed by atoms with Gasteiger partial charge in [0.25, 0.3) is 0 Å². The van der Waals surface area contributed by atoms with Crippen molar-refractivity contribution in [3.05, 3.63) is 30.4 Å². The van der Waals surface area contributed by atoms with Gasteiger partial charge in [0.2, 0.25) is 0 Å². The quantitative estimate of drug-likeness (QED) is 0.342. The first kappa shape index (κ1) is 21.5. The number of esters is 1. The molecule has 6 nitrogen and oxygen atoms in total. The molecule has 0 amide bonds. The van der Waals surface area contributed by atoms with Crippen LogP contribution in [0.3, 0.4) is 0 Å². The highest BCUT2D eigenvalue weighted by molar-refractivity contribution is 5.96. The summed E-state index contributed by atoms with van der Waals surface area (Å²) in [5, 5.41) is 10.1. The molecule has 0 aliphatic heterocycles. The Balaban J connectivity index is 2.54. The van der Waals surface area contributed by atoms with Crippen LogP contribution in [0.25, 0.3) is 0 Å². The summed E-state index contributed by atoms with van der Waals surface area (Å²) >= 11 is 0. The van der Waals surface area contributed by atoms with Crippen LogP contribution in [0.4, 0.5) is 0 Å². The molecule has 0 bridgehead atoms. The number of rotatable bonds is 12. The van der Waals surface area contributed by atoms with Crippen LogP contribution in [0.15, 0.2) is 24.8 Å². The van der Waals surface area contributed by atoms with E-state index in [2.05, 4.69) is 6.58 Å². The Kier molecular flexibility index (Phi) is 9.26. The normalized spacial score (nSPS) is 11.5. The number of hydrogen-bond donors (Lipinski definition) is 1. The van der Waals surface area contributed by atoms with E-state index in [1.807, 2.05) is 0 Å². The highest BCUT2D eigenvalue weighted by Crippen LogP contribution is 2.34.